The molecule has 1 aromatic carbocycles. The Morgan fingerprint density at radius 1 is 1.29 bits per heavy atom. The van der Waals surface area contributed by atoms with Gasteiger partial charge < -0.3 is 5.32 Å². The predicted molar refractivity (Wildman–Crippen MR) is 90.8 cm³/mol. The van der Waals surface area contributed by atoms with Crippen LogP contribution < -0.4 is 5.32 Å². The average molecular weight is 376 g/mol. The lowest BCUT2D eigenvalue weighted by molar-refractivity contribution is 0.456. The first-order valence-electron chi connectivity index (χ1n) is 6.90. The van der Waals surface area contributed by atoms with Crippen molar-refractivity contribution in [3.63, 3.8) is 0 Å². The molecule has 21 heavy (non-hydrogen) atoms. The maximum absolute atomic E-state index is 10.7. The van der Waals surface area contributed by atoms with Gasteiger partial charge in [0.2, 0.25) is 0 Å². The molecule has 1 atom stereocenters. The molecule has 6 heteroatoms. The van der Waals surface area contributed by atoms with E-state index < -0.39 is 10.1 Å². The summed E-state index contributed by atoms with van der Waals surface area (Å²) in [5.74, 6) is 0.184. The zero-order chi connectivity index (χ0) is 15.9. The lowest BCUT2D eigenvalue weighted by Crippen LogP contribution is -2.33. The average Bonchev–Trinajstić information content (AvgIpc) is 2.38. The second kappa shape index (κ2) is 8.68. The van der Waals surface area contributed by atoms with Gasteiger partial charge in [-0.25, -0.2) is 0 Å². The summed E-state index contributed by atoms with van der Waals surface area (Å²) in [7, 11) is -3.86. The quantitative estimate of drug-likeness (QED) is 0.539. The summed E-state index contributed by atoms with van der Waals surface area (Å²) in [6.45, 7) is 4.76. The third kappa shape index (κ3) is 8.36. The van der Waals surface area contributed by atoms with Gasteiger partial charge in [-0.2, -0.15) is 8.42 Å². The van der Waals surface area contributed by atoms with Crippen LogP contribution in [-0.4, -0.2) is 31.3 Å². The van der Waals surface area contributed by atoms with Gasteiger partial charge in [0.15, 0.2) is 0 Å². The highest BCUT2D eigenvalue weighted by Crippen LogP contribution is 2.13. The van der Waals surface area contributed by atoms with E-state index in [2.05, 4.69) is 41.2 Å². The van der Waals surface area contributed by atoms with Crippen LogP contribution in [0.2, 0.25) is 0 Å². The van der Waals surface area contributed by atoms with Crippen molar-refractivity contribution in [3.8, 4) is 0 Å². The first-order chi connectivity index (χ1) is 9.78. The molecule has 0 aliphatic carbocycles. The summed E-state index contributed by atoms with van der Waals surface area (Å²) in [4.78, 5) is 0. The molecule has 0 aromatic heterocycles. The van der Waals surface area contributed by atoms with Crippen LogP contribution in [0.1, 0.15) is 25.8 Å². The fraction of sp³-hybridized carbons (Fsp3) is 0.467. The van der Waals surface area contributed by atoms with Gasteiger partial charge >= 0.3 is 0 Å². The van der Waals surface area contributed by atoms with Crippen molar-refractivity contribution in [1.29, 1.82) is 0 Å². The maximum Gasteiger partial charge on any atom is 0.264 e. The largest absolute Gasteiger partial charge is 0.310 e. The van der Waals surface area contributed by atoms with Gasteiger partial charge in [0.1, 0.15) is 0 Å². The zero-order valence-electron chi connectivity index (χ0n) is 12.3. The van der Waals surface area contributed by atoms with E-state index in [1.807, 2.05) is 30.3 Å². The van der Waals surface area contributed by atoms with Crippen LogP contribution in [0.5, 0.6) is 0 Å². The van der Waals surface area contributed by atoms with E-state index in [1.54, 1.807) is 0 Å². The summed E-state index contributed by atoms with van der Waals surface area (Å²) in [6, 6.07) is 8.19. The second-order valence-electron chi connectivity index (χ2n) is 5.27. The Morgan fingerprint density at radius 2 is 1.90 bits per heavy atom. The predicted octanol–water partition coefficient (Wildman–Crippen LogP) is 3.35. The molecule has 0 amide bonds. The van der Waals surface area contributed by atoms with E-state index in [4.69, 9.17) is 4.55 Å². The number of hydrogen-bond acceptors (Lipinski definition) is 3. The van der Waals surface area contributed by atoms with Crippen LogP contribution in [-0.2, 0) is 10.1 Å². The molecule has 1 aromatic rings. The van der Waals surface area contributed by atoms with Crippen molar-refractivity contribution in [3.05, 3.63) is 40.4 Å². The zero-order valence-corrected chi connectivity index (χ0v) is 14.7. The van der Waals surface area contributed by atoms with Gasteiger partial charge in [0.25, 0.3) is 10.1 Å². The number of hydrogen-bond donors (Lipinski definition) is 2. The fourth-order valence-electron chi connectivity index (χ4n) is 1.84. The fourth-order valence-corrected chi connectivity index (χ4v) is 2.61. The molecule has 0 unspecified atom stereocenters. The molecular formula is C15H22BrNO3S. The topological polar surface area (TPSA) is 66.4 Å². The number of nitrogens with one attached hydrogen (secondary N) is 1. The lowest BCUT2D eigenvalue weighted by Gasteiger charge is -2.18. The molecule has 0 aliphatic rings. The summed E-state index contributed by atoms with van der Waals surface area (Å²) in [5.41, 5.74) is 1.11. The molecule has 0 radical (unpaired) electrons. The molecule has 0 aliphatic heterocycles. The molecule has 2 N–H and O–H groups in total. The Morgan fingerprint density at radius 3 is 2.43 bits per heavy atom. The minimum Gasteiger partial charge on any atom is -0.310 e. The van der Waals surface area contributed by atoms with Crippen molar-refractivity contribution in [2.75, 3.05) is 12.3 Å². The molecule has 0 saturated heterocycles. The molecule has 0 fully saturated rings. The van der Waals surface area contributed by atoms with Crippen molar-refractivity contribution in [1.82, 2.24) is 5.32 Å². The van der Waals surface area contributed by atoms with Crippen LogP contribution in [0.4, 0.5) is 0 Å². The lowest BCUT2D eigenvalue weighted by atomic mass is 10.0. The van der Waals surface area contributed by atoms with E-state index >= 15 is 0 Å². The minimum absolute atomic E-state index is 0.162. The van der Waals surface area contributed by atoms with Crippen LogP contribution >= 0.6 is 15.9 Å². The summed E-state index contributed by atoms with van der Waals surface area (Å²) in [6.07, 6.45) is 4.53. The Labute approximate surface area is 135 Å². The molecule has 0 heterocycles. The Bertz CT molecular complexity index is 553. The van der Waals surface area contributed by atoms with Gasteiger partial charge in [0, 0.05) is 10.5 Å². The molecule has 0 bridgehead atoms. The first kappa shape index (κ1) is 18.4. The van der Waals surface area contributed by atoms with Crippen molar-refractivity contribution in [2.45, 2.75) is 26.3 Å². The van der Waals surface area contributed by atoms with Gasteiger partial charge in [-0.1, -0.05) is 54.1 Å². The Hall–Kier alpha value is -0.690. The molecule has 0 spiro atoms. The third-order valence-corrected chi connectivity index (χ3v) is 4.38. The summed E-state index contributed by atoms with van der Waals surface area (Å²) >= 11 is 3.40. The van der Waals surface area contributed by atoms with Crippen molar-refractivity contribution >= 4 is 32.1 Å². The normalized spacial score (nSPS) is 14.0. The van der Waals surface area contributed by atoms with Crippen LogP contribution in [0.3, 0.4) is 0 Å². The van der Waals surface area contributed by atoms with Crippen molar-refractivity contribution < 1.29 is 13.0 Å². The van der Waals surface area contributed by atoms with Gasteiger partial charge in [-0.15, -0.1) is 0 Å². The minimum atomic E-state index is -3.86. The van der Waals surface area contributed by atoms with E-state index in [9.17, 15) is 8.42 Å². The number of rotatable bonds is 8. The van der Waals surface area contributed by atoms with Crippen molar-refractivity contribution in [2.24, 2.45) is 5.92 Å². The highest BCUT2D eigenvalue weighted by atomic mass is 79.9. The Kier molecular flexibility index (Phi) is 7.59. The van der Waals surface area contributed by atoms with E-state index in [0.29, 0.717) is 18.9 Å². The Balaban J connectivity index is 2.51. The SMILES string of the molecule is CC(C)[C@H](/C=C/c1ccc(Br)cc1)NCCCS(=O)(=O)O. The molecule has 118 valence electrons. The summed E-state index contributed by atoms with van der Waals surface area (Å²) < 4.78 is 31.1. The van der Waals surface area contributed by atoms with Crippen LogP contribution in [0, 0.1) is 5.92 Å². The van der Waals surface area contributed by atoms with E-state index in [0.717, 1.165) is 10.0 Å². The third-order valence-electron chi connectivity index (χ3n) is 3.04. The molecule has 0 saturated carbocycles. The highest BCUT2D eigenvalue weighted by molar-refractivity contribution is 9.10. The standard InChI is InChI=1S/C15H22BrNO3S/c1-12(2)15(17-10-3-11-21(18,19)20)9-6-13-4-7-14(16)8-5-13/h4-9,12,15,17H,3,10-11H2,1-2H3,(H,18,19,20)/b9-6+/t15-/m0/s1. The van der Waals surface area contributed by atoms with E-state index in [1.165, 1.54) is 0 Å². The highest BCUT2D eigenvalue weighted by Gasteiger charge is 2.10. The number of halogens is 1. The first-order valence-corrected chi connectivity index (χ1v) is 9.30. The van der Waals surface area contributed by atoms with Crippen LogP contribution in [0.15, 0.2) is 34.8 Å². The van der Waals surface area contributed by atoms with Gasteiger partial charge in [-0.05, 0) is 36.6 Å². The second-order valence-corrected chi connectivity index (χ2v) is 7.76. The molecular weight excluding hydrogens is 354 g/mol. The molecule has 4 nitrogen and oxygen atoms in total. The van der Waals surface area contributed by atoms with Crippen LogP contribution in [0.25, 0.3) is 6.08 Å². The number of benzene rings is 1. The maximum atomic E-state index is 10.7. The van der Waals surface area contributed by atoms with Gasteiger partial charge in [-0.3, -0.25) is 4.55 Å². The van der Waals surface area contributed by atoms with Gasteiger partial charge in [0.05, 0.1) is 5.75 Å². The molecule has 1 rings (SSSR count). The monoisotopic (exact) mass is 375 g/mol. The summed E-state index contributed by atoms with van der Waals surface area (Å²) in [5, 5.41) is 3.30. The smallest absolute Gasteiger partial charge is 0.264 e. The van der Waals surface area contributed by atoms with E-state index in [-0.39, 0.29) is 11.8 Å².